The number of benzene rings is 2. The van der Waals surface area contributed by atoms with E-state index in [1.807, 2.05) is 25.9 Å². The quantitative estimate of drug-likeness (QED) is 0.341. The van der Waals surface area contributed by atoms with E-state index in [-0.39, 0.29) is 16.9 Å². The Labute approximate surface area is 193 Å². The second-order valence-corrected chi connectivity index (χ2v) is 8.03. The topological polar surface area (TPSA) is 99.5 Å². The fraction of sp³-hybridized carbons (Fsp3) is 0.360. The summed E-state index contributed by atoms with van der Waals surface area (Å²) in [5.74, 6) is -1.08. The second kappa shape index (κ2) is 10.4. The van der Waals surface area contributed by atoms with E-state index in [1.54, 1.807) is 30.3 Å². The number of ether oxygens (including phenoxy) is 2. The van der Waals surface area contributed by atoms with Crippen LogP contribution in [0, 0.1) is 0 Å². The molecule has 2 aromatic carbocycles. The van der Waals surface area contributed by atoms with Crippen LogP contribution in [0.2, 0.25) is 0 Å². The molecule has 1 amide bonds. The molecule has 0 aromatic heterocycles. The number of methoxy groups -OCH3 is 1. The number of amides is 1. The molecule has 1 aliphatic rings. The fourth-order valence-corrected chi connectivity index (χ4v) is 3.91. The number of rotatable bonds is 9. The Morgan fingerprint density at radius 3 is 2.33 bits per heavy atom. The average molecular weight is 455 g/mol. The molecular formula is C25H30N2O6. The van der Waals surface area contributed by atoms with Gasteiger partial charge < -0.3 is 29.5 Å². The summed E-state index contributed by atoms with van der Waals surface area (Å²) in [4.78, 5) is 29.5. The third-order valence-electron chi connectivity index (χ3n) is 5.51. The number of ketones is 1. The number of hydrogen-bond donors (Lipinski definition) is 2. The lowest BCUT2D eigenvalue weighted by Gasteiger charge is -2.26. The van der Waals surface area contributed by atoms with Crippen molar-refractivity contribution in [2.75, 3.05) is 40.9 Å². The number of aliphatic hydroxyl groups is 1. The van der Waals surface area contributed by atoms with E-state index in [0.717, 1.165) is 6.54 Å². The predicted molar refractivity (Wildman–Crippen MR) is 124 cm³/mol. The molecule has 0 radical (unpaired) electrons. The van der Waals surface area contributed by atoms with Crippen molar-refractivity contribution in [2.24, 2.45) is 0 Å². The highest BCUT2D eigenvalue weighted by Gasteiger charge is 2.46. The summed E-state index contributed by atoms with van der Waals surface area (Å²) < 4.78 is 10.6. The first-order chi connectivity index (χ1) is 15.8. The molecule has 8 heteroatoms. The molecule has 176 valence electrons. The van der Waals surface area contributed by atoms with E-state index in [9.17, 15) is 19.8 Å². The SMILES string of the molecule is CCOc1ccc([C@H]2C(=C(O)c3ccc(OC)cc3O)C(=O)C(=O)N2CCCN(C)C)cc1. The van der Waals surface area contributed by atoms with Crippen LogP contribution >= 0.6 is 0 Å². The molecule has 33 heavy (non-hydrogen) atoms. The first kappa shape index (κ1) is 24.1. The molecule has 0 unspecified atom stereocenters. The number of carbonyl (C=O) groups is 2. The summed E-state index contributed by atoms with van der Waals surface area (Å²) in [5, 5.41) is 21.5. The zero-order chi connectivity index (χ0) is 24.1. The van der Waals surface area contributed by atoms with Crippen LogP contribution in [0.25, 0.3) is 5.76 Å². The number of aromatic hydroxyl groups is 1. The molecule has 0 aliphatic carbocycles. The number of Topliss-reactive ketones (excluding diaryl/α,β-unsaturated/α-hetero) is 1. The Balaban J connectivity index is 2.09. The molecule has 0 saturated carbocycles. The smallest absolute Gasteiger partial charge is 0.295 e. The minimum Gasteiger partial charge on any atom is -0.507 e. The van der Waals surface area contributed by atoms with Crippen LogP contribution in [0.5, 0.6) is 17.2 Å². The van der Waals surface area contributed by atoms with Gasteiger partial charge in [0.1, 0.15) is 23.0 Å². The van der Waals surface area contributed by atoms with Gasteiger partial charge in [0.05, 0.1) is 30.9 Å². The standard InChI is InChI=1S/C25H30N2O6/c1-5-33-17-9-7-16(8-10-17)22-21(23(29)19-12-11-18(32-4)15-20(19)28)24(30)25(31)27(22)14-6-13-26(2)3/h7-12,15,22,28-29H,5-6,13-14H2,1-4H3/t22-/m0/s1. The van der Waals surface area contributed by atoms with Crippen LogP contribution in [-0.2, 0) is 9.59 Å². The Morgan fingerprint density at radius 1 is 1.09 bits per heavy atom. The van der Waals surface area contributed by atoms with Crippen LogP contribution in [0.15, 0.2) is 48.0 Å². The van der Waals surface area contributed by atoms with E-state index in [4.69, 9.17) is 9.47 Å². The van der Waals surface area contributed by atoms with Crippen LogP contribution in [0.4, 0.5) is 0 Å². The number of phenols is 1. The molecule has 2 N–H and O–H groups in total. The lowest BCUT2D eigenvalue weighted by atomic mass is 9.95. The van der Waals surface area contributed by atoms with Crippen molar-refractivity contribution in [3.05, 3.63) is 59.2 Å². The first-order valence-corrected chi connectivity index (χ1v) is 10.8. The van der Waals surface area contributed by atoms with E-state index in [2.05, 4.69) is 0 Å². The summed E-state index contributed by atoms with van der Waals surface area (Å²) in [6.45, 7) is 3.47. The number of nitrogens with zero attached hydrogens (tertiary/aromatic N) is 2. The largest absolute Gasteiger partial charge is 0.507 e. The van der Waals surface area contributed by atoms with Gasteiger partial charge in [-0.15, -0.1) is 0 Å². The molecular weight excluding hydrogens is 424 g/mol. The number of likely N-dealkylation sites (tertiary alicyclic amines) is 1. The van der Waals surface area contributed by atoms with Crippen molar-refractivity contribution in [3.8, 4) is 17.2 Å². The van der Waals surface area contributed by atoms with Crippen molar-refractivity contribution in [1.29, 1.82) is 0 Å². The van der Waals surface area contributed by atoms with E-state index >= 15 is 0 Å². The zero-order valence-electron chi connectivity index (χ0n) is 19.4. The van der Waals surface area contributed by atoms with Gasteiger partial charge >= 0.3 is 0 Å². The minimum atomic E-state index is -0.788. The number of carbonyl (C=O) groups excluding carboxylic acids is 2. The monoisotopic (exact) mass is 454 g/mol. The molecule has 1 fully saturated rings. The summed E-state index contributed by atoms with van der Waals surface area (Å²) in [7, 11) is 5.33. The molecule has 1 atom stereocenters. The average Bonchev–Trinajstić information content (AvgIpc) is 3.04. The van der Waals surface area contributed by atoms with Gasteiger partial charge in [-0.05, 0) is 63.8 Å². The fourth-order valence-electron chi connectivity index (χ4n) is 3.91. The van der Waals surface area contributed by atoms with Gasteiger partial charge in [-0.3, -0.25) is 9.59 Å². The molecule has 1 heterocycles. The Kier molecular flexibility index (Phi) is 7.60. The number of phenolic OH excluding ortho intramolecular Hbond substituents is 1. The molecule has 1 aliphatic heterocycles. The maximum Gasteiger partial charge on any atom is 0.295 e. The number of aliphatic hydroxyl groups excluding tert-OH is 1. The van der Waals surface area contributed by atoms with Gasteiger partial charge in [-0.25, -0.2) is 0 Å². The first-order valence-electron chi connectivity index (χ1n) is 10.8. The van der Waals surface area contributed by atoms with Crippen LogP contribution in [0.3, 0.4) is 0 Å². The Bertz CT molecular complexity index is 1050. The van der Waals surface area contributed by atoms with Gasteiger partial charge in [-0.1, -0.05) is 12.1 Å². The highest BCUT2D eigenvalue weighted by Crippen LogP contribution is 2.41. The zero-order valence-corrected chi connectivity index (χ0v) is 19.4. The summed E-state index contributed by atoms with van der Waals surface area (Å²) >= 11 is 0. The molecule has 0 spiro atoms. The highest BCUT2D eigenvalue weighted by atomic mass is 16.5. The minimum absolute atomic E-state index is 0.0537. The summed E-state index contributed by atoms with van der Waals surface area (Å²) in [6.07, 6.45) is 0.654. The second-order valence-electron chi connectivity index (χ2n) is 8.03. The van der Waals surface area contributed by atoms with Gasteiger partial charge in [-0.2, -0.15) is 0 Å². The van der Waals surface area contributed by atoms with Gasteiger partial charge in [0, 0.05) is 12.6 Å². The van der Waals surface area contributed by atoms with Crippen molar-refractivity contribution in [1.82, 2.24) is 9.80 Å². The van der Waals surface area contributed by atoms with Gasteiger partial charge in [0.15, 0.2) is 0 Å². The highest BCUT2D eigenvalue weighted by molar-refractivity contribution is 6.46. The molecule has 0 bridgehead atoms. The van der Waals surface area contributed by atoms with Gasteiger partial charge in [0.2, 0.25) is 0 Å². The van der Waals surface area contributed by atoms with Crippen LogP contribution < -0.4 is 9.47 Å². The van der Waals surface area contributed by atoms with Crippen LogP contribution in [-0.4, -0.2) is 72.6 Å². The van der Waals surface area contributed by atoms with Crippen molar-refractivity contribution in [3.63, 3.8) is 0 Å². The van der Waals surface area contributed by atoms with Crippen LogP contribution in [0.1, 0.15) is 30.5 Å². The molecule has 8 nitrogen and oxygen atoms in total. The maximum atomic E-state index is 13.1. The Morgan fingerprint density at radius 2 is 1.76 bits per heavy atom. The van der Waals surface area contributed by atoms with Gasteiger partial charge in [0.25, 0.3) is 11.7 Å². The normalized spacial score (nSPS) is 17.6. The lowest BCUT2D eigenvalue weighted by molar-refractivity contribution is -0.139. The van der Waals surface area contributed by atoms with E-state index < -0.39 is 23.5 Å². The third-order valence-corrected chi connectivity index (χ3v) is 5.51. The third kappa shape index (κ3) is 5.12. The lowest BCUT2D eigenvalue weighted by Crippen LogP contribution is -2.32. The summed E-state index contributed by atoms with van der Waals surface area (Å²) in [6, 6.07) is 10.7. The van der Waals surface area contributed by atoms with Crippen molar-refractivity contribution >= 4 is 17.4 Å². The molecule has 2 aromatic rings. The van der Waals surface area contributed by atoms with E-state index in [1.165, 1.54) is 24.1 Å². The van der Waals surface area contributed by atoms with E-state index in [0.29, 0.717) is 36.6 Å². The number of hydrogen-bond acceptors (Lipinski definition) is 7. The maximum absolute atomic E-state index is 13.1. The Hall–Kier alpha value is -3.52. The molecule has 3 rings (SSSR count). The molecule has 1 saturated heterocycles. The van der Waals surface area contributed by atoms with Crippen molar-refractivity contribution < 1.29 is 29.3 Å². The predicted octanol–water partition coefficient (Wildman–Crippen LogP) is 3.17. The summed E-state index contributed by atoms with van der Waals surface area (Å²) in [5.41, 5.74) is 0.657. The van der Waals surface area contributed by atoms with Crippen molar-refractivity contribution in [2.45, 2.75) is 19.4 Å².